The van der Waals surface area contributed by atoms with Gasteiger partial charge in [-0.05, 0) is 12.2 Å². The standard InChI is InChI=1S/C7H8O5/c8-4-1-3(7(11)12)2-5(9)6(4)10/h1-2,4,6,8-10H,(H,11,12)/t4-,6+/m1/s1. The number of hydrogen-bond donors (Lipinski definition) is 4. The summed E-state index contributed by atoms with van der Waals surface area (Å²) >= 11 is 0. The third-order valence-corrected chi connectivity index (χ3v) is 1.53. The van der Waals surface area contributed by atoms with Crippen molar-refractivity contribution in [3.63, 3.8) is 0 Å². The molecule has 1 aliphatic rings. The number of aliphatic hydroxyl groups excluding tert-OH is 3. The lowest BCUT2D eigenvalue weighted by atomic mass is 10.0. The van der Waals surface area contributed by atoms with Gasteiger partial charge in [0, 0.05) is 0 Å². The Labute approximate surface area is 67.9 Å². The fraction of sp³-hybridized carbons (Fsp3) is 0.286. The van der Waals surface area contributed by atoms with Crippen molar-refractivity contribution in [2.45, 2.75) is 12.2 Å². The van der Waals surface area contributed by atoms with Gasteiger partial charge in [-0.2, -0.15) is 0 Å². The summed E-state index contributed by atoms with van der Waals surface area (Å²) in [6, 6.07) is 0. The van der Waals surface area contributed by atoms with E-state index in [1.807, 2.05) is 0 Å². The van der Waals surface area contributed by atoms with Gasteiger partial charge < -0.3 is 20.4 Å². The predicted octanol–water partition coefficient (Wildman–Crippen LogP) is -0.825. The van der Waals surface area contributed by atoms with E-state index in [0.717, 1.165) is 12.2 Å². The lowest BCUT2D eigenvalue weighted by molar-refractivity contribution is -0.132. The number of hydrogen-bond acceptors (Lipinski definition) is 4. The summed E-state index contributed by atoms with van der Waals surface area (Å²) in [5.74, 6) is -1.80. The van der Waals surface area contributed by atoms with Crippen LogP contribution in [-0.4, -0.2) is 38.6 Å². The monoisotopic (exact) mass is 172 g/mol. The highest BCUT2D eigenvalue weighted by molar-refractivity contribution is 5.90. The lowest BCUT2D eigenvalue weighted by Gasteiger charge is -2.18. The lowest BCUT2D eigenvalue weighted by Crippen LogP contribution is -2.29. The highest BCUT2D eigenvalue weighted by Crippen LogP contribution is 2.16. The maximum Gasteiger partial charge on any atom is 0.335 e. The first-order chi connectivity index (χ1) is 5.52. The molecule has 0 spiro atoms. The first-order valence-corrected chi connectivity index (χ1v) is 3.24. The molecule has 0 aromatic rings. The van der Waals surface area contributed by atoms with Crippen LogP contribution in [0, 0.1) is 0 Å². The van der Waals surface area contributed by atoms with Crippen molar-refractivity contribution < 1.29 is 25.2 Å². The van der Waals surface area contributed by atoms with E-state index in [1.165, 1.54) is 0 Å². The minimum atomic E-state index is -1.42. The van der Waals surface area contributed by atoms with Gasteiger partial charge >= 0.3 is 5.97 Å². The van der Waals surface area contributed by atoms with Crippen molar-refractivity contribution in [1.82, 2.24) is 0 Å². The summed E-state index contributed by atoms with van der Waals surface area (Å²) in [7, 11) is 0. The Morgan fingerprint density at radius 1 is 1.42 bits per heavy atom. The molecule has 4 N–H and O–H groups in total. The smallest absolute Gasteiger partial charge is 0.335 e. The van der Waals surface area contributed by atoms with Crippen molar-refractivity contribution >= 4 is 5.97 Å². The SMILES string of the molecule is O=C(O)C1=C[C@@H](O)[C@H](O)C(O)=C1. The molecular formula is C7H8O5. The van der Waals surface area contributed by atoms with Gasteiger partial charge in [0.15, 0.2) is 0 Å². The number of carbonyl (C=O) groups is 1. The van der Waals surface area contributed by atoms with Crippen LogP contribution in [-0.2, 0) is 4.79 Å². The fourth-order valence-electron chi connectivity index (χ4n) is 0.876. The van der Waals surface area contributed by atoms with Crippen molar-refractivity contribution in [3.05, 3.63) is 23.5 Å². The van der Waals surface area contributed by atoms with Crippen molar-refractivity contribution in [1.29, 1.82) is 0 Å². The van der Waals surface area contributed by atoms with Crippen molar-refractivity contribution in [3.8, 4) is 0 Å². The minimum absolute atomic E-state index is 0.231. The molecule has 1 rings (SSSR count). The van der Waals surface area contributed by atoms with Crippen molar-refractivity contribution in [2.24, 2.45) is 0 Å². The molecule has 0 fully saturated rings. The molecule has 0 radical (unpaired) electrons. The van der Waals surface area contributed by atoms with E-state index in [9.17, 15) is 4.79 Å². The number of carboxylic acids is 1. The van der Waals surface area contributed by atoms with Gasteiger partial charge in [-0.1, -0.05) is 0 Å². The Bertz CT molecular complexity index is 265. The molecule has 0 aromatic heterocycles. The second-order valence-corrected chi connectivity index (χ2v) is 2.43. The largest absolute Gasteiger partial charge is 0.509 e. The molecule has 0 heterocycles. The van der Waals surface area contributed by atoms with Crippen LogP contribution in [0.4, 0.5) is 0 Å². The van der Waals surface area contributed by atoms with Crippen LogP contribution >= 0.6 is 0 Å². The van der Waals surface area contributed by atoms with E-state index in [4.69, 9.17) is 20.4 Å². The van der Waals surface area contributed by atoms with E-state index in [-0.39, 0.29) is 5.57 Å². The predicted molar refractivity (Wildman–Crippen MR) is 38.4 cm³/mol. The van der Waals surface area contributed by atoms with E-state index < -0.39 is 23.9 Å². The maximum atomic E-state index is 10.3. The molecule has 0 saturated heterocycles. The van der Waals surface area contributed by atoms with Gasteiger partial charge in [0.1, 0.15) is 18.0 Å². The second kappa shape index (κ2) is 2.96. The van der Waals surface area contributed by atoms with E-state index in [0.29, 0.717) is 0 Å². The summed E-state index contributed by atoms with van der Waals surface area (Å²) < 4.78 is 0. The first-order valence-electron chi connectivity index (χ1n) is 3.24. The fourth-order valence-corrected chi connectivity index (χ4v) is 0.876. The van der Waals surface area contributed by atoms with Crippen LogP contribution in [0.25, 0.3) is 0 Å². The molecule has 0 aliphatic heterocycles. The van der Waals surface area contributed by atoms with Gasteiger partial charge in [0.2, 0.25) is 0 Å². The minimum Gasteiger partial charge on any atom is -0.509 e. The molecule has 66 valence electrons. The average Bonchev–Trinajstić information content (AvgIpc) is 1.99. The molecule has 0 amide bonds. The zero-order valence-corrected chi connectivity index (χ0v) is 6.01. The van der Waals surface area contributed by atoms with E-state index >= 15 is 0 Å². The summed E-state index contributed by atoms with van der Waals surface area (Å²) in [5, 5.41) is 35.3. The van der Waals surface area contributed by atoms with Crippen LogP contribution in [0.15, 0.2) is 23.5 Å². The van der Waals surface area contributed by atoms with Crippen molar-refractivity contribution in [2.75, 3.05) is 0 Å². The molecule has 0 bridgehead atoms. The zero-order chi connectivity index (χ0) is 9.30. The van der Waals surface area contributed by atoms with Crippen LogP contribution in [0.1, 0.15) is 0 Å². The van der Waals surface area contributed by atoms with Gasteiger partial charge in [0.05, 0.1) is 5.57 Å². The highest BCUT2D eigenvalue weighted by atomic mass is 16.4. The Kier molecular flexibility index (Phi) is 2.16. The van der Waals surface area contributed by atoms with Crippen LogP contribution in [0.3, 0.4) is 0 Å². The molecule has 0 saturated carbocycles. The number of aliphatic carboxylic acids is 1. The summed E-state index contributed by atoms with van der Waals surface area (Å²) in [6.07, 6.45) is -0.916. The number of carboxylic acid groups (broad SMARTS) is 1. The van der Waals surface area contributed by atoms with Gasteiger partial charge in [-0.3, -0.25) is 0 Å². The Balaban J connectivity index is 2.95. The van der Waals surface area contributed by atoms with Crippen LogP contribution in [0.2, 0.25) is 0 Å². The molecule has 5 nitrogen and oxygen atoms in total. The number of aliphatic hydroxyl groups is 3. The Morgan fingerprint density at radius 3 is 2.42 bits per heavy atom. The van der Waals surface area contributed by atoms with Gasteiger partial charge in [0.25, 0.3) is 0 Å². The molecule has 2 atom stereocenters. The third kappa shape index (κ3) is 1.46. The molecule has 0 aromatic carbocycles. The quantitative estimate of drug-likeness (QED) is 0.414. The molecule has 1 aliphatic carbocycles. The van der Waals surface area contributed by atoms with E-state index in [2.05, 4.69) is 0 Å². The Morgan fingerprint density at radius 2 is 2.00 bits per heavy atom. The highest BCUT2D eigenvalue weighted by Gasteiger charge is 2.25. The average molecular weight is 172 g/mol. The topological polar surface area (TPSA) is 98.0 Å². The molecule has 12 heavy (non-hydrogen) atoms. The zero-order valence-electron chi connectivity index (χ0n) is 6.01. The number of rotatable bonds is 1. The van der Waals surface area contributed by atoms with E-state index in [1.54, 1.807) is 0 Å². The summed E-state index contributed by atoms with van der Waals surface area (Å²) in [5.41, 5.74) is -0.231. The molecule has 0 unspecified atom stereocenters. The summed E-state index contributed by atoms with van der Waals surface area (Å²) in [4.78, 5) is 10.3. The Hall–Kier alpha value is -1.33. The molecule has 5 heteroatoms. The second-order valence-electron chi connectivity index (χ2n) is 2.43. The maximum absolute atomic E-state index is 10.3. The van der Waals surface area contributed by atoms with Gasteiger partial charge in [-0.15, -0.1) is 0 Å². The first kappa shape index (κ1) is 8.76. The molecular weight excluding hydrogens is 164 g/mol. The summed E-state index contributed by atoms with van der Waals surface area (Å²) in [6.45, 7) is 0. The van der Waals surface area contributed by atoms with Crippen LogP contribution < -0.4 is 0 Å². The van der Waals surface area contributed by atoms with Crippen LogP contribution in [0.5, 0.6) is 0 Å². The normalized spacial score (nSPS) is 29.2. The third-order valence-electron chi connectivity index (χ3n) is 1.53. The van der Waals surface area contributed by atoms with Gasteiger partial charge in [-0.25, -0.2) is 4.79 Å².